The van der Waals surface area contributed by atoms with Crippen molar-refractivity contribution in [3.05, 3.63) is 78.2 Å². The summed E-state index contributed by atoms with van der Waals surface area (Å²) >= 11 is 0. The second-order valence-corrected chi connectivity index (χ2v) is 7.16. The first-order valence-electron chi connectivity index (χ1n) is 9.05. The highest BCUT2D eigenvalue weighted by atomic mass is 16.4. The number of carbonyl (C=O) groups excluding carboxylic acids is 1. The van der Waals surface area contributed by atoms with Gasteiger partial charge in [-0.2, -0.15) is 0 Å². The molecule has 0 atom stereocenters. The Morgan fingerprint density at radius 1 is 1.11 bits per heavy atom. The molecular weight excluding hydrogens is 352 g/mol. The number of nitrogens with zero attached hydrogens (tertiary/aromatic N) is 2. The van der Waals surface area contributed by atoms with Gasteiger partial charge in [0.2, 0.25) is 11.8 Å². The second kappa shape index (κ2) is 8.08. The van der Waals surface area contributed by atoms with Gasteiger partial charge in [0.15, 0.2) is 0 Å². The van der Waals surface area contributed by atoms with Crippen molar-refractivity contribution in [2.75, 3.05) is 0 Å². The van der Waals surface area contributed by atoms with E-state index in [1.54, 1.807) is 0 Å². The van der Waals surface area contributed by atoms with Crippen molar-refractivity contribution in [1.82, 2.24) is 20.8 Å². The lowest BCUT2D eigenvalue weighted by Crippen LogP contribution is -2.46. The average molecular weight is 376 g/mol. The van der Waals surface area contributed by atoms with Crippen molar-refractivity contribution in [2.24, 2.45) is 0 Å². The van der Waals surface area contributed by atoms with Crippen LogP contribution in [0.4, 0.5) is 4.79 Å². The van der Waals surface area contributed by atoms with E-state index in [-0.39, 0.29) is 12.6 Å². The van der Waals surface area contributed by atoms with Crippen LogP contribution in [0.3, 0.4) is 0 Å². The first kappa shape index (κ1) is 19.4. The molecule has 0 spiro atoms. The molecule has 28 heavy (non-hydrogen) atoms. The molecule has 0 radical (unpaired) electrons. The van der Waals surface area contributed by atoms with E-state index in [1.165, 1.54) is 0 Å². The number of carbonyl (C=O) groups is 1. The molecule has 2 amide bonds. The number of hydrogen-bond acceptors (Lipinski definition) is 4. The van der Waals surface area contributed by atoms with E-state index in [2.05, 4.69) is 27.4 Å². The smallest absolute Gasteiger partial charge is 0.315 e. The molecule has 0 saturated carbocycles. The summed E-state index contributed by atoms with van der Waals surface area (Å²) in [7, 11) is 0. The van der Waals surface area contributed by atoms with Crippen molar-refractivity contribution in [1.29, 1.82) is 0 Å². The molecule has 0 saturated heterocycles. The zero-order valence-corrected chi connectivity index (χ0v) is 16.3. The minimum atomic E-state index is -0.556. The molecule has 2 N–H and O–H groups in total. The van der Waals surface area contributed by atoms with E-state index in [9.17, 15) is 4.79 Å². The quantitative estimate of drug-likeness (QED) is 0.664. The van der Waals surface area contributed by atoms with Gasteiger partial charge in [-0.25, -0.2) is 4.79 Å². The van der Waals surface area contributed by atoms with Gasteiger partial charge in [-0.15, -0.1) is 10.2 Å². The van der Waals surface area contributed by atoms with E-state index < -0.39 is 5.54 Å². The number of amides is 2. The molecule has 1 aromatic heterocycles. The summed E-state index contributed by atoms with van der Waals surface area (Å²) in [6.07, 6.45) is 0. The molecule has 0 aliphatic carbocycles. The van der Waals surface area contributed by atoms with Crippen LogP contribution in [0.2, 0.25) is 0 Å². The Bertz CT molecular complexity index is 977. The Labute approximate surface area is 164 Å². The second-order valence-electron chi connectivity index (χ2n) is 7.16. The third kappa shape index (κ3) is 4.65. The van der Waals surface area contributed by atoms with E-state index in [0.717, 1.165) is 22.3 Å². The molecule has 0 bridgehead atoms. The lowest BCUT2D eigenvalue weighted by Gasteiger charge is -2.27. The number of urea groups is 1. The fourth-order valence-corrected chi connectivity index (χ4v) is 2.75. The average Bonchev–Trinajstić information content (AvgIpc) is 3.16. The molecule has 3 aromatic rings. The van der Waals surface area contributed by atoms with Crippen LogP contribution in [0.25, 0.3) is 17.0 Å². The van der Waals surface area contributed by atoms with Gasteiger partial charge in [-0.1, -0.05) is 48.6 Å². The van der Waals surface area contributed by atoms with Crippen LogP contribution in [-0.2, 0) is 12.1 Å². The van der Waals surface area contributed by atoms with E-state index in [4.69, 9.17) is 4.42 Å². The van der Waals surface area contributed by atoms with Crippen LogP contribution in [0.1, 0.15) is 37.8 Å². The van der Waals surface area contributed by atoms with Gasteiger partial charge in [0.1, 0.15) is 0 Å². The molecule has 0 unspecified atom stereocenters. The molecule has 0 aliphatic heterocycles. The lowest BCUT2D eigenvalue weighted by molar-refractivity contribution is 0.228. The number of rotatable bonds is 6. The van der Waals surface area contributed by atoms with Crippen LogP contribution in [0.5, 0.6) is 0 Å². The maximum absolute atomic E-state index is 12.4. The Morgan fingerprint density at radius 3 is 2.57 bits per heavy atom. The van der Waals surface area contributed by atoms with Crippen LogP contribution in [0, 0.1) is 0 Å². The molecule has 6 nitrogen and oxygen atoms in total. The van der Waals surface area contributed by atoms with Crippen molar-refractivity contribution >= 4 is 11.6 Å². The van der Waals surface area contributed by atoms with Crippen LogP contribution in [-0.4, -0.2) is 16.2 Å². The highest BCUT2D eigenvalue weighted by Crippen LogP contribution is 2.23. The number of aromatic nitrogens is 2. The summed E-state index contributed by atoms with van der Waals surface area (Å²) in [5, 5.41) is 13.7. The summed E-state index contributed by atoms with van der Waals surface area (Å²) in [4.78, 5) is 12.4. The van der Waals surface area contributed by atoms with Gasteiger partial charge in [0.05, 0.1) is 12.1 Å². The normalized spacial score (nSPS) is 11.1. The molecule has 0 aliphatic rings. The molecule has 1 heterocycles. The molecule has 6 heteroatoms. The van der Waals surface area contributed by atoms with Gasteiger partial charge >= 0.3 is 6.03 Å². The Balaban J connectivity index is 1.60. The third-order valence-electron chi connectivity index (χ3n) is 4.39. The standard InChI is InChI=1S/C22H24N4O2/c1-15(2)17-11-8-12-18(13-17)22(3,4)24-21(27)23-14-19-25-26-20(28-19)16-9-6-5-7-10-16/h5-13H,1,14H2,2-4H3,(H2,23,24,27). The van der Waals surface area contributed by atoms with Gasteiger partial charge in [0, 0.05) is 5.56 Å². The van der Waals surface area contributed by atoms with Gasteiger partial charge in [-0.05, 0) is 50.1 Å². The Kier molecular flexibility index (Phi) is 5.59. The summed E-state index contributed by atoms with van der Waals surface area (Å²) in [5.74, 6) is 0.769. The maximum atomic E-state index is 12.4. The monoisotopic (exact) mass is 376 g/mol. The van der Waals surface area contributed by atoms with E-state index in [0.29, 0.717) is 11.8 Å². The first-order valence-corrected chi connectivity index (χ1v) is 9.05. The zero-order chi connectivity index (χ0) is 20.1. The SMILES string of the molecule is C=C(C)c1cccc(C(C)(C)NC(=O)NCc2nnc(-c3ccccc3)o2)c1. The molecule has 2 aromatic carbocycles. The van der Waals surface area contributed by atoms with Crippen LogP contribution in [0.15, 0.2) is 65.6 Å². The Hall–Kier alpha value is -3.41. The largest absolute Gasteiger partial charge is 0.419 e. The van der Waals surface area contributed by atoms with E-state index >= 15 is 0 Å². The van der Waals surface area contributed by atoms with E-state index in [1.807, 2.05) is 75.4 Å². The molecular formula is C22H24N4O2. The van der Waals surface area contributed by atoms with Crippen molar-refractivity contribution < 1.29 is 9.21 Å². The third-order valence-corrected chi connectivity index (χ3v) is 4.39. The van der Waals surface area contributed by atoms with Crippen molar-refractivity contribution in [3.8, 4) is 11.5 Å². The maximum Gasteiger partial charge on any atom is 0.315 e. The highest BCUT2D eigenvalue weighted by Gasteiger charge is 2.23. The summed E-state index contributed by atoms with van der Waals surface area (Å²) in [6.45, 7) is 9.98. The van der Waals surface area contributed by atoms with Crippen LogP contribution >= 0.6 is 0 Å². The molecule has 0 fully saturated rings. The number of benzene rings is 2. The molecule has 3 rings (SSSR count). The zero-order valence-electron chi connectivity index (χ0n) is 16.3. The van der Waals surface area contributed by atoms with Crippen LogP contribution < -0.4 is 10.6 Å². The predicted molar refractivity (Wildman–Crippen MR) is 109 cm³/mol. The Morgan fingerprint density at radius 2 is 1.86 bits per heavy atom. The van der Waals surface area contributed by atoms with Gasteiger partial charge in [0.25, 0.3) is 0 Å². The summed E-state index contributed by atoms with van der Waals surface area (Å²) < 4.78 is 5.60. The lowest BCUT2D eigenvalue weighted by atomic mass is 9.92. The summed E-state index contributed by atoms with van der Waals surface area (Å²) in [5.41, 5.74) is 3.30. The van der Waals surface area contributed by atoms with Gasteiger partial charge in [-0.3, -0.25) is 0 Å². The van der Waals surface area contributed by atoms with Crippen molar-refractivity contribution in [2.45, 2.75) is 32.9 Å². The van der Waals surface area contributed by atoms with Gasteiger partial charge < -0.3 is 15.1 Å². The summed E-state index contributed by atoms with van der Waals surface area (Å²) in [6, 6.07) is 17.2. The minimum Gasteiger partial charge on any atom is -0.419 e. The molecule has 144 valence electrons. The predicted octanol–water partition coefficient (Wildman–Crippen LogP) is 4.50. The van der Waals surface area contributed by atoms with Crippen molar-refractivity contribution in [3.63, 3.8) is 0 Å². The fraction of sp³-hybridized carbons (Fsp3) is 0.227. The minimum absolute atomic E-state index is 0.146. The first-order chi connectivity index (χ1) is 13.3. The number of nitrogens with one attached hydrogen (secondary N) is 2. The fourth-order valence-electron chi connectivity index (χ4n) is 2.75. The number of hydrogen-bond donors (Lipinski definition) is 2. The highest BCUT2D eigenvalue weighted by molar-refractivity contribution is 5.75. The topological polar surface area (TPSA) is 80.0 Å². The number of allylic oxidation sites excluding steroid dienone is 1.